The first-order valence-electron chi connectivity index (χ1n) is 10.9. The molecule has 1 amide bonds. The number of benzene rings is 2. The van der Waals surface area contributed by atoms with Crippen LogP contribution in [0.1, 0.15) is 50.2 Å². The molecule has 2 aromatic rings. The molecule has 32 heavy (non-hydrogen) atoms. The SMILES string of the molecule is CN(C)N1C(=O)CC(c2ccc(OCc3ccc(Cl)cc3)cc2)C2=C1CC(C)(C)CC2=O. The Morgan fingerprint density at radius 2 is 1.69 bits per heavy atom. The highest BCUT2D eigenvalue weighted by Gasteiger charge is 2.44. The number of carbonyl (C=O) groups is 2. The molecule has 2 aliphatic rings. The number of ether oxygens (including phenoxy) is 1. The first-order chi connectivity index (χ1) is 15.1. The van der Waals surface area contributed by atoms with Gasteiger partial charge in [0.05, 0.1) is 0 Å². The van der Waals surface area contributed by atoms with E-state index < -0.39 is 0 Å². The van der Waals surface area contributed by atoms with Gasteiger partial charge < -0.3 is 4.74 Å². The minimum atomic E-state index is -0.220. The number of hydrogen-bond donors (Lipinski definition) is 0. The Labute approximate surface area is 194 Å². The molecular weight excluding hydrogens is 424 g/mol. The zero-order valence-corrected chi connectivity index (χ0v) is 19.8. The molecule has 0 aromatic heterocycles. The molecule has 5 nitrogen and oxygen atoms in total. The Balaban J connectivity index is 1.59. The average molecular weight is 453 g/mol. The Bertz CT molecular complexity index is 1060. The molecule has 2 aromatic carbocycles. The van der Waals surface area contributed by atoms with Crippen LogP contribution >= 0.6 is 11.6 Å². The van der Waals surface area contributed by atoms with Gasteiger partial charge in [-0.3, -0.25) is 9.59 Å². The molecule has 1 unspecified atom stereocenters. The summed E-state index contributed by atoms with van der Waals surface area (Å²) in [5, 5.41) is 4.17. The minimum absolute atomic E-state index is 0.0207. The third-order valence-corrected chi connectivity index (χ3v) is 6.37. The second-order valence-electron chi connectivity index (χ2n) is 9.59. The lowest BCUT2D eigenvalue weighted by atomic mass is 9.69. The van der Waals surface area contributed by atoms with Gasteiger partial charge in [0.2, 0.25) is 5.91 Å². The second-order valence-corrected chi connectivity index (χ2v) is 10.0. The molecule has 0 saturated heterocycles. The molecular formula is C26H29ClN2O3. The number of ketones is 1. The van der Waals surface area contributed by atoms with Crippen molar-refractivity contribution in [3.63, 3.8) is 0 Å². The van der Waals surface area contributed by atoms with Crippen LogP contribution in [-0.2, 0) is 16.2 Å². The molecule has 0 saturated carbocycles. The maximum absolute atomic E-state index is 13.2. The fraction of sp³-hybridized carbons (Fsp3) is 0.385. The number of Topliss-reactive ketones (excluding diaryl/α,β-unsaturated/α-hetero) is 1. The van der Waals surface area contributed by atoms with Crippen LogP contribution in [-0.4, -0.2) is 35.8 Å². The number of halogens is 1. The fourth-order valence-corrected chi connectivity index (χ4v) is 4.82. The summed E-state index contributed by atoms with van der Waals surface area (Å²) in [4.78, 5) is 26.3. The van der Waals surface area contributed by atoms with Gasteiger partial charge in [0.1, 0.15) is 12.4 Å². The summed E-state index contributed by atoms with van der Waals surface area (Å²) >= 11 is 5.93. The van der Waals surface area contributed by atoms with Crippen LogP contribution in [0.3, 0.4) is 0 Å². The van der Waals surface area contributed by atoms with E-state index in [9.17, 15) is 9.59 Å². The zero-order chi connectivity index (χ0) is 23.0. The third kappa shape index (κ3) is 4.59. The fourth-order valence-electron chi connectivity index (χ4n) is 4.69. The summed E-state index contributed by atoms with van der Waals surface area (Å²) < 4.78 is 5.90. The molecule has 0 radical (unpaired) electrons. The predicted octanol–water partition coefficient (Wildman–Crippen LogP) is 5.35. The summed E-state index contributed by atoms with van der Waals surface area (Å²) in [5.74, 6) is 0.685. The van der Waals surface area contributed by atoms with E-state index in [-0.39, 0.29) is 29.4 Å². The summed E-state index contributed by atoms with van der Waals surface area (Å²) in [6.07, 6.45) is 1.49. The van der Waals surface area contributed by atoms with Crippen molar-refractivity contribution in [2.75, 3.05) is 14.1 Å². The smallest absolute Gasteiger partial charge is 0.242 e. The summed E-state index contributed by atoms with van der Waals surface area (Å²) in [5.41, 5.74) is 3.47. The highest BCUT2D eigenvalue weighted by atomic mass is 35.5. The van der Waals surface area contributed by atoms with Crippen LogP contribution in [0.15, 0.2) is 59.8 Å². The Kier molecular flexibility index (Phi) is 6.15. The second kappa shape index (κ2) is 8.72. The van der Waals surface area contributed by atoms with Crippen LogP contribution in [0.4, 0.5) is 0 Å². The molecule has 0 bridgehead atoms. The van der Waals surface area contributed by atoms with E-state index in [1.807, 2.05) is 62.6 Å². The highest BCUT2D eigenvalue weighted by Crippen LogP contribution is 2.47. The van der Waals surface area contributed by atoms with Crippen molar-refractivity contribution in [2.45, 2.75) is 45.6 Å². The van der Waals surface area contributed by atoms with Gasteiger partial charge in [-0.2, -0.15) is 0 Å². The number of hydrogen-bond acceptors (Lipinski definition) is 4. The maximum Gasteiger partial charge on any atom is 0.242 e. The van der Waals surface area contributed by atoms with E-state index in [1.165, 1.54) is 0 Å². The van der Waals surface area contributed by atoms with Gasteiger partial charge in [0.25, 0.3) is 0 Å². The standard InChI is InChI=1S/C26H29ClN2O3/c1-26(2)14-22-25(23(30)15-26)21(13-24(31)29(22)28(3)4)18-7-11-20(12-8-18)32-16-17-5-9-19(27)10-6-17/h5-12,21H,13-16H2,1-4H3. The normalized spacial score (nSPS) is 20.6. The van der Waals surface area contributed by atoms with Gasteiger partial charge in [0.15, 0.2) is 5.78 Å². The summed E-state index contributed by atoms with van der Waals surface area (Å²) in [7, 11) is 3.70. The van der Waals surface area contributed by atoms with E-state index in [2.05, 4.69) is 13.8 Å². The molecule has 1 aliphatic carbocycles. The topological polar surface area (TPSA) is 49.9 Å². The van der Waals surface area contributed by atoms with Crippen molar-refractivity contribution in [2.24, 2.45) is 5.41 Å². The first-order valence-corrected chi connectivity index (χ1v) is 11.3. The van der Waals surface area contributed by atoms with Crippen LogP contribution in [0.5, 0.6) is 5.75 Å². The zero-order valence-electron chi connectivity index (χ0n) is 19.0. The minimum Gasteiger partial charge on any atom is -0.489 e. The van der Waals surface area contributed by atoms with Crippen molar-refractivity contribution in [1.82, 2.24) is 10.0 Å². The van der Waals surface area contributed by atoms with Crippen molar-refractivity contribution >= 4 is 23.3 Å². The predicted molar refractivity (Wildman–Crippen MR) is 125 cm³/mol. The lowest BCUT2D eigenvalue weighted by Gasteiger charge is -2.44. The number of amides is 1. The molecule has 168 valence electrons. The van der Waals surface area contributed by atoms with Gasteiger partial charge in [-0.25, -0.2) is 10.0 Å². The van der Waals surface area contributed by atoms with E-state index in [1.54, 1.807) is 10.0 Å². The summed E-state index contributed by atoms with van der Waals surface area (Å²) in [6, 6.07) is 15.3. The third-order valence-electron chi connectivity index (χ3n) is 6.12. The monoisotopic (exact) mass is 452 g/mol. The van der Waals surface area contributed by atoms with Gasteiger partial charge >= 0.3 is 0 Å². The Morgan fingerprint density at radius 1 is 1.03 bits per heavy atom. The van der Waals surface area contributed by atoms with Crippen molar-refractivity contribution in [3.8, 4) is 5.75 Å². The van der Waals surface area contributed by atoms with Crippen molar-refractivity contribution in [3.05, 3.63) is 76.0 Å². The average Bonchev–Trinajstić information content (AvgIpc) is 2.71. The highest BCUT2D eigenvalue weighted by molar-refractivity contribution is 6.30. The van der Waals surface area contributed by atoms with E-state index in [0.717, 1.165) is 28.1 Å². The van der Waals surface area contributed by atoms with Crippen molar-refractivity contribution in [1.29, 1.82) is 0 Å². The molecule has 1 atom stereocenters. The lowest BCUT2D eigenvalue weighted by molar-refractivity contribution is -0.143. The van der Waals surface area contributed by atoms with Crippen LogP contribution in [0.25, 0.3) is 0 Å². The molecule has 0 spiro atoms. The van der Waals surface area contributed by atoms with E-state index >= 15 is 0 Å². The molecule has 1 heterocycles. The molecule has 1 aliphatic heterocycles. The number of hydrazine groups is 1. The molecule has 4 rings (SSSR count). The quantitative estimate of drug-likeness (QED) is 0.613. The lowest BCUT2D eigenvalue weighted by Crippen LogP contribution is -2.49. The Morgan fingerprint density at radius 3 is 2.31 bits per heavy atom. The van der Waals surface area contributed by atoms with Gasteiger partial charge in [0, 0.05) is 49.1 Å². The molecule has 0 fully saturated rings. The number of rotatable bonds is 5. The summed E-state index contributed by atoms with van der Waals surface area (Å²) in [6.45, 7) is 4.62. The van der Waals surface area contributed by atoms with Crippen LogP contribution in [0, 0.1) is 5.41 Å². The van der Waals surface area contributed by atoms with Crippen LogP contribution < -0.4 is 4.74 Å². The van der Waals surface area contributed by atoms with Gasteiger partial charge in [-0.05, 0) is 47.2 Å². The maximum atomic E-state index is 13.2. The van der Waals surface area contributed by atoms with E-state index in [4.69, 9.17) is 16.3 Å². The number of nitrogens with zero attached hydrogens (tertiary/aromatic N) is 2. The van der Waals surface area contributed by atoms with Gasteiger partial charge in [-0.15, -0.1) is 0 Å². The van der Waals surface area contributed by atoms with Crippen LogP contribution in [0.2, 0.25) is 5.02 Å². The largest absolute Gasteiger partial charge is 0.489 e. The van der Waals surface area contributed by atoms with Gasteiger partial charge in [-0.1, -0.05) is 49.7 Å². The number of allylic oxidation sites excluding steroid dienone is 2. The van der Waals surface area contributed by atoms with E-state index in [0.29, 0.717) is 24.5 Å². The number of carbonyl (C=O) groups excluding carboxylic acids is 2. The Hall–Kier alpha value is -2.63. The molecule has 6 heteroatoms. The molecule has 0 N–H and O–H groups in total. The van der Waals surface area contributed by atoms with Crippen molar-refractivity contribution < 1.29 is 14.3 Å². The first kappa shape index (κ1) is 22.6.